The highest BCUT2D eigenvalue weighted by atomic mass is 32.2. The predicted molar refractivity (Wildman–Crippen MR) is 73.5 cm³/mol. The summed E-state index contributed by atoms with van der Waals surface area (Å²) in [6.07, 6.45) is 2.88. The van der Waals surface area contributed by atoms with Crippen LogP contribution in [0.15, 0.2) is 0 Å². The van der Waals surface area contributed by atoms with Crippen molar-refractivity contribution in [1.82, 2.24) is 10.2 Å². The minimum Gasteiger partial charge on any atom is -0.352 e. The summed E-state index contributed by atoms with van der Waals surface area (Å²) in [5, 5.41) is 2.82. The van der Waals surface area contributed by atoms with Crippen molar-refractivity contribution in [1.29, 1.82) is 0 Å². The van der Waals surface area contributed by atoms with Crippen LogP contribution in [-0.2, 0) is 9.59 Å². The molecule has 0 unspecified atom stereocenters. The Morgan fingerprint density at radius 3 is 2.78 bits per heavy atom. The first-order valence-corrected chi connectivity index (χ1v) is 7.84. The van der Waals surface area contributed by atoms with E-state index in [4.69, 9.17) is 0 Å². The number of hydrogen-bond donors (Lipinski definition) is 1. The fourth-order valence-corrected chi connectivity index (χ4v) is 3.85. The molecule has 4 nitrogen and oxygen atoms in total. The first-order chi connectivity index (χ1) is 8.51. The number of hydrogen-bond acceptors (Lipinski definition) is 3. The molecule has 0 bridgehead atoms. The van der Waals surface area contributed by atoms with E-state index in [1.807, 2.05) is 25.6 Å². The average Bonchev–Trinajstić information content (AvgIpc) is 2.33. The van der Waals surface area contributed by atoms with Gasteiger partial charge in [0.05, 0.1) is 0 Å². The summed E-state index contributed by atoms with van der Waals surface area (Å²) in [7, 11) is 0. The van der Waals surface area contributed by atoms with Crippen molar-refractivity contribution in [3.05, 3.63) is 0 Å². The average molecular weight is 270 g/mol. The van der Waals surface area contributed by atoms with Gasteiger partial charge in [0.2, 0.25) is 11.8 Å². The van der Waals surface area contributed by atoms with Crippen molar-refractivity contribution in [2.75, 3.05) is 24.6 Å². The van der Waals surface area contributed by atoms with E-state index in [9.17, 15) is 9.59 Å². The monoisotopic (exact) mass is 270 g/mol. The van der Waals surface area contributed by atoms with Crippen molar-refractivity contribution in [3.63, 3.8) is 0 Å². The lowest BCUT2D eigenvalue weighted by atomic mass is 9.94. The molecule has 0 aromatic rings. The summed E-state index contributed by atoms with van der Waals surface area (Å²) in [5.74, 6) is 2.96. The van der Waals surface area contributed by atoms with E-state index in [-0.39, 0.29) is 11.8 Å². The van der Waals surface area contributed by atoms with Gasteiger partial charge in [-0.3, -0.25) is 9.59 Å². The second-order valence-corrected chi connectivity index (χ2v) is 6.84. The Bertz CT molecular complexity index is 338. The van der Waals surface area contributed by atoms with E-state index in [0.717, 1.165) is 12.8 Å². The molecule has 102 valence electrons. The SMILES string of the molecule is CC1(C)C(=O)NCCN1C(=O)CC1CCSCC1. The van der Waals surface area contributed by atoms with Gasteiger partial charge in [-0.1, -0.05) is 0 Å². The van der Waals surface area contributed by atoms with Crippen molar-refractivity contribution in [2.24, 2.45) is 5.92 Å². The summed E-state index contributed by atoms with van der Waals surface area (Å²) in [6, 6.07) is 0. The molecule has 0 aliphatic carbocycles. The molecular weight excluding hydrogens is 248 g/mol. The Balaban J connectivity index is 1.96. The fourth-order valence-electron chi connectivity index (χ4n) is 2.64. The number of piperazine rings is 1. The van der Waals surface area contributed by atoms with Crippen LogP contribution in [0.2, 0.25) is 0 Å². The van der Waals surface area contributed by atoms with E-state index in [0.29, 0.717) is 25.4 Å². The molecule has 2 heterocycles. The summed E-state index contributed by atoms with van der Waals surface area (Å²) >= 11 is 1.97. The Labute approximate surface area is 113 Å². The predicted octanol–water partition coefficient (Wildman–Crippen LogP) is 1.26. The van der Waals surface area contributed by atoms with Crippen LogP contribution in [0, 0.1) is 5.92 Å². The van der Waals surface area contributed by atoms with Gasteiger partial charge in [-0.15, -0.1) is 0 Å². The van der Waals surface area contributed by atoms with E-state index in [2.05, 4.69) is 5.32 Å². The number of amides is 2. The van der Waals surface area contributed by atoms with Gasteiger partial charge < -0.3 is 10.2 Å². The topological polar surface area (TPSA) is 49.4 Å². The van der Waals surface area contributed by atoms with Gasteiger partial charge >= 0.3 is 0 Å². The van der Waals surface area contributed by atoms with Crippen molar-refractivity contribution < 1.29 is 9.59 Å². The summed E-state index contributed by atoms with van der Waals surface area (Å²) in [4.78, 5) is 25.9. The Morgan fingerprint density at radius 2 is 2.11 bits per heavy atom. The molecule has 2 aliphatic rings. The highest BCUT2D eigenvalue weighted by Gasteiger charge is 2.40. The molecule has 0 saturated carbocycles. The summed E-state index contributed by atoms with van der Waals surface area (Å²) in [5.41, 5.74) is -0.696. The van der Waals surface area contributed by atoms with Gasteiger partial charge in [-0.25, -0.2) is 0 Å². The number of thioether (sulfide) groups is 1. The molecule has 0 aromatic carbocycles. The van der Waals surface area contributed by atoms with Crippen LogP contribution in [0.1, 0.15) is 33.1 Å². The Kier molecular flexibility index (Phi) is 4.20. The van der Waals surface area contributed by atoms with E-state index in [1.54, 1.807) is 4.90 Å². The molecule has 2 amide bonds. The lowest BCUT2D eigenvalue weighted by Crippen LogP contribution is -2.63. The molecule has 2 fully saturated rings. The Morgan fingerprint density at radius 1 is 1.44 bits per heavy atom. The molecule has 2 aliphatic heterocycles. The van der Waals surface area contributed by atoms with Gasteiger partial charge in [0.25, 0.3) is 0 Å². The number of carbonyl (C=O) groups is 2. The van der Waals surface area contributed by atoms with E-state index < -0.39 is 5.54 Å². The van der Waals surface area contributed by atoms with Crippen LogP contribution in [-0.4, -0.2) is 46.8 Å². The smallest absolute Gasteiger partial charge is 0.245 e. The van der Waals surface area contributed by atoms with Gasteiger partial charge in [-0.05, 0) is 44.1 Å². The second-order valence-electron chi connectivity index (χ2n) is 5.62. The van der Waals surface area contributed by atoms with Crippen LogP contribution >= 0.6 is 11.8 Å². The first-order valence-electron chi connectivity index (χ1n) is 6.68. The molecule has 1 N–H and O–H groups in total. The highest BCUT2D eigenvalue weighted by molar-refractivity contribution is 7.99. The maximum atomic E-state index is 12.4. The minimum atomic E-state index is -0.696. The largest absolute Gasteiger partial charge is 0.352 e. The molecular formula is C13H22N2O2S. The zero-order valence-electron chi connectivity index (χ0n) is 11.2. The molecule has 0 atom stereocenters. The number of rotatable bonds is 2. The Hall–Kier alpha value is -0.710. The molecule has 5 heteroatoms. The van der Waals surface area contributed by atoms with Gasteiger partial charge in [0, 0.05) is 19.5 Å². The quantitative estimate of drug-likeness (QED) is 0.822. The van der Waals surface area contributed by atoms with Gasteiger partial charge in [0.1, 0.15) is 5.54 Å². The third kappa shape index (κ3) is 2.82. The lowest BCUT2D eigenvalue weighted by Gasteiger charge is -2.41. The normalized spacial score (nSPS) is 24.8. The number of nitrogens with one attached hydrogen (secondary N) is 1. The van der Waals surface area contributed by atoms with Crippen LogP contribution in [0.5, 0.6) is 0 Å². The van der Waals surface area contributed by atoms with Crippen LogP contribution < -0.4 is 5.32 Å². The van der Waals surface area contributed by atoms with Crippen molar-refractivity contribution in [3.8, 4) is 0 Å². The molecule has 2 saturated heterocycles. The lowest BCUT2D eigenvalue weighted by molar-refractivity contribution is -0.149. The summed E-state index contributed by atoms with van der Waals surface area (Å²) < 4.78 is 0. The highest BCUT2D eigenvalue weighted by Crippen LogP contribution is 2.27. The van der Waals surface area contributed by atoms with Gasteiger partial charge in [-0.2, -0.15) is 11.8 Å². The third-order valence-electron chi connectivity index (χ3n) is 3.96. The second kappa shape index (κ2) is 5.51. The van der Waals surface area contributed by atoms with Crippen molar-refractivity contribution in [2.45, 2.75) is 38.6 Å². The summed E-state index contributed by atoms with van der Waals surface area (Å²) in [6.45, 7) is 4.87. The first kappa shape index (κ1) is 13.7. The zero-order chi connectivity index (χ0) is 13.2. The number of carbonyl (C=O) groups excluding carboxylic acids is 2. The standard InChI is InChI=1S/C13H22N2O2S/c1-13(2)12(17)14-5-6-15(13)11(16)9-10-3-7-18-8-4-10/h10H,3-9H2,1-2H3,(H,14,17). The van der Waals surface area contributed by atoms with Crippen LogP contribution in [0.4, 0.5) is 0 Å². The van der Waals surface area contributed by atoms with E-state index in [1.165, 1.54) is 11.5 Å². The van der Waals surface area contributed by atoms with Crippen LogP contribution in [0.3, 0.4) is 0 Å². The molecule has 18 heavy (non-hydrogen) atoms. The van der Waals surface area contributed by atoms with Crippen LogP contribution in [0.25, 0.3) is 0 Å². The maximum Gasteiger partial charge on any atom is 0.245 e. The number of nitrogens with zero attached hydrogens (tertiary/aromatic N) is 1. The minimum absolute atomic E-state index is 0.0405. The fraction of sp³-hybridized carbons (Fsp3) is 0.846. The molecule has 2 rings (SSSR count). The van der Waals surface area contributed by atoms with E-state index >= 15 is 0 Å². The molecule has 0 spiro atoms. The van der Waals surface area contributed by atoms with Gasteiger partial charge in [0.15, 0.2) is 0 Å². The maximum absolute atomic E-state index is 12.4. The van der Waals surface area contributed by atoms with Crippen molar-refractivity contribution >= 4 is 23.6 Å². The molecule has 0 aromatic heterocycles. The zero-order valence-corrected chi connectivity index (χ0v) is 12.0. The molecule has 0 radical (unpaired) electrons. The third-order valence-corrected chi connectivity index (χ3v) is 5.01.